The Hall–Kier alpha value is -1.56. The van der Waals surface area contributed by atoms with E-state index in [0.29, 0.717) is 0 Å². The third-order valence-electron chi connectivity index (χ3n) is 3.34. The molecule has 0 aromatic heterocycles. The van der Waals surface area contributed by atoms with Crippen molar-refractivity contribution in [3.63, 3.8) is 0 Å². The van der Waals surface area contributed by atoms with Crippen molar-refractivity contribution in [2.75, 3.05) is 0 Å². The van der Waals surface area contributed by atoms with Gasteiger partial charge in [0.05, 0.1) is 0 Å². The molecule has 0 saturated heterocycles. The van der Waals surface area contributed by atoms with E-state index in [1.54, 1.807) is 0 Å². The third kappa shape index (κ3) is 4.75. The maximum Gasteiger partial charge on any atom is -0.00258 e. The van der Waals surface area contributed by atoms with Gasteiger partial charge in [-0.25, -0.2) is 0 Å². The molecule has 1 saturated carbocycles. The molecule has 0 atom stereocenters. The first kappa shape index (κ1) is 12.9. The molecule has 0 unspecified atom stereocenters. The molecule has 1 fully saturated rings. The number of benzene rings is 2. The van der Waals surface area contributed by atoms with Crippen LogP contribution in [0.25, 0.3) is 0 Å². The minimum absolute atomic E-state index is 1.03. The van der Waals surface area contributed by atoms with Crippen molar-refractivity contribution in [1.82, 2.24) is 0 Å². The Morgan fingerprint density at radius 2 is 0.833 bits per heavy atom. The maximum atomic E-state index is 2.16. The Balaban J connectivity index is 0.000000202. The highest BCUT2D eigenvalue weighted by atomic mass is 14.0. The Morgan fingerprint density at radius 3 is 1.17 bits per heavy atom. The van der Waals surface area contributed by atoms with Gasteiger partial charge >= 0.3 is 0 Å². The van der Waals surface area contributed by atoms with Crippen molar-refractivity contribution in [1.29, 1.82) is 0 Å². The molecule has 0 N–H and O–H groups in total. The molecule has 1 aliphatic rings. The van der Waals surface area contributed by atoms with Crippen LogP contribution in [-0.4, -0.2) is 0 Å². The molecular weight excluding hydrogens is 216 g/mol. The zero-order valence-electron chi connectivity index (χ0n) is 11.0. The number of hydrogen-bond donors (Lipinski definition) is 0. The SMILES string of the molecule is C1CCCC1.c1ccc(Cc2ccccc2)cc1. The third-order valence-corrected chi connectivity index (χ3v) is 3.34. The van der Waals surface area contributed by atoms with E-state index < -0.39 is 0 Å². The lowest BCUT2D eigenvalue weighted by Crippen LogP contribution is -1.85. The van der Waals surface area contributed by atoms with Crippen LogP contribution in [0.2, 0.25) is 0 Å². The quantitative estimate of drug-likeness (QED) is 0.672. The Kier molecular flexibility index (Phi) is 5.52. The highest BCUT2D eigenvalue weighted by Gasteiger charge is 1.95. The Labute approximate surface area is 111 Å². The lowest BCUT2D eigenvalue weighted by molar-refractivity contribution is 0.886. The van der Waals surface area contributed by atoms with Gasteiger partial charge in [-0.15, -0.1) is 0 Å². The zero-order valence-corrected chi connectivity index (χ0v) is 11.0. The zero-order chi connectivity index (χ0) is 12.5. The summed E-state index contributed by atoms with van der Waals surface area (Å²) in [6.45, 7) is 0. The van der Waals surface area contributed by atoms with Crippen LogP contribution in [0.1, 0.15) is 43.2 Å². The van der Waals surface area contributed by atoms with E-state index in [9.17, 15) is 0 Å². The van der Waals surface area contributed by atoms with Gasteiger partial charge in [-0.3, -0.25) is 0 Å². The predicted octanol–water partition coefficient (Wildman–Crippen LogP) is 5.23. The summed E-state index contributed by atoms with van der Waals surface area (Å²) < 4.78 is 0. The number of hydrogen-bond acceptors (Lipinski definition) is 0. The number of rotatable bonds is 2. The van der Waals surface area contributed by atoms with Gasteiger partial charge in [-0.2, -0.15) is 0 Å². The van der Waals surface area contributed by atoms with Crippen LogP contribution in [-0.2, 0) is 6.42 Å². The van der Waals surface area contributed by atoms with Crippen LogP contribution in [0.15, 0.2) is 60.7 Å². The fraction of sp³-hybridized carbons (Fsp3) is 0.333. The maximum absolute atomic E-state index is 2.16. The summed E-state index contributed by atoms with van der Waals surface area (Å²) in [5, 5.41) is 0. The average Bonchev–Trinajstić information content (AvgIpc) is 3.00. The summed E-state index contributed by atoms with van der Waals surface area (Å²) in [6.07, 6.45) is 8.53. The van der Waals surface area contributed by atoms with Crippen LogP contribution in [0.3, 0.4) is 0 Å². The Morgan fingerprint density at radius 1 is 0.500 bits per heavy atom. The molecule has 1 aliphatic carbocycles. The van der Waals surface area contributed by atoms with Gasteiger partial charge < -0.3 is 0 Å². The predicted molar refractivity (Wildman–Crippen MR) is 78.8 cm³/mol. The summed E-state index contributed by atoms with van der Waals surface area (Å²) in [6, 6.07) is 21.1. The molecule has 0 spiro atoms. The van der Waals surface area contributed by atoms with Crippen molar-refractivity contribution in [3.05, 3.63) is 71.8 Å². The molecule has 0 heterocycles. The Bertz CT molecular complexity index is 367. The topological polar surface area (TPSA) is 0 Å². The van der Waals surface area contributed by atoms with Gasteiger partial charge in [0.15, 0.2) is 0 Å². The van der Waals surface area contributed by atoms with E-state index >= 15 is 0 Å². The monoisotopic (exact) mass is 238 g/mol. The van der Waals surface area contributed by atoms with Crippen LogP contribution < -0.4 is 0 Å². The van der Waals surface area contributed by atoms with E-state index in [-0.39, 0.29) is 0 Å². The molecule has 0 aliphatic heterocycles. The highest BCUT2D eigenvalue weighted by molar-refractivity contribution is 5.25. The van der Waals surface area contributed by atoms with Crippen molar-refractivity contribution in [2.45, 2.75) is 38.5 Å². The van der Waals surface area contributed by atoms with Crippen molar-refractivity contribution in [2.24, 2.45) is 0 Å². The molecule has 2 aromatic carbocycles. The van der Waals surface area contributed by atoms with Gasteiger partial charge in [0.25, 0.3) is 0 Å². The van der Waals surface area contributed by atoms with E-state index in [1.165, 1.54) is 43.2 Å². The molecule has 0 amide bonds. The summed E-state index contributed by atoms with van der Waals surface area (Å²) >= 11 is 0. The molecule has 0 bridgehead atoms. The van der Waals surface area contributed by atoms with E-state index in [1.807, 2.05) is 0 Å². The van der Waals surface area contributed by atoms with Crippen molar-refractivity contribution in [3.8, 4) is 0 Å². The first-order valence-electron chi connectivity index (χ1n) is 7.03. The molecule has 0 heteroatoms. The first-order valence-corrected chi connectivity index (χ1v) is 7.03. The van der Waals surface area contributed by atoms with Crippen molar-refractivity contribution < 1.29 is 0 Å². The van der Waals surface area contributed by atoms with Gasteiger partial charge in [0.1, 0.15) is 0 Å². The molecule has 0 nitrogen and oxygen atoms in total. The average molecular weight is 238 g/mol. The first-order chi connectivity index (χ1) is 8.95. The lowest BCUT2D eigenvalue weighted by atomic mass is 10.1. The van der Waals surface area contributed by atoms with E-state index in [0.717, 1.165) is 6.42 Å². The lowest BCUT2D eigenvalue weighted by Gasteiger charge is -2.00. The minimum Gasteiger partial charge on any atom is -0.0622 e. The standard InChI is InChI=1S/C13H12.C5H10/c1-3-7-12(8-4-1)11-13-9-5-2-6-10-13;1-2-4-5-3-1/h1-10H,11H2;1-5H2. The molecular formula is C18H22. The van der Waals surface area contributed by atoms with Crippen LogP contribution in [0.5, 0.6) is 0 Å². The fourth-order valence-corrected chi connectivity index (χ4v) is 2.31. The highest BCUT2D eigenvalue weighted by Crippen LogP contribution is 2.15. The summed E-state index contributed by atoms with van der Waals surface area (Å²) in [7, 11) is 0. The normalized spacial score (nSPS) is 13.8. The second-order valence-corrected chi connectivity index (χ2v) is 4.92. The van der Waals surface area contributed by atoms with Crippen LogP contribution in [0, 0.1) is 0 Å². The molecule has 2 aromatic rings. The summed E-state index contributed by atoms with van der Waals surface area (Å²) in [5.74, 6) is 0. The molecule has 18 heavy (non-hydrogen) atoms. The van der Waals surface area contributed by atoms with Gasteiger partial charge in [-0.1, -0.05) is 92.8 Å². The van der Waals surface area contributed by atoms with Gasteiger partial charge in [0.2, 0.25) is 0 Å². The smallest absolute Gasteiger partial charge is 0.00258 e. The second-order valence-electron chi connectivity index (χ2n) is 4.92. The van der Waals surface area contributed by atoms with Gasteiger partial charge in [-0.05, 0) is 17.5 Å². The van der Waals surface area contributed by atoms with Crippen LogP contribution >= 0.6 is 0 Å². The van der Waals surface area contributed by atoms with Crippen LogP contribution in [0.4, 0.5) is 0 Å². The largest absolute Gasteiger partial charge is 0.0622 e. The van der Waals surface area contributed by atoms with E-state index in [4.69, 9.17) is 0 Å². The summed E-state index contributed by atoms with van der Waals surface area (Å²) in [4.78, 5) is 0. The van der Waals surface area contributed by atoms with Gasteiger partial charge in [0, 0.05) is 0 Å². The molecule has 0 radical (unpaired) electrons. The fourth-order valence-electron chi connectivity index (χ4n) is 2.31. The minimum atomic E-state index is 1.03. The van der Waals surface area contributed by atoms with E-state index in [2.05, 4.69) is 60.7 Å². The molecule has 3 rings (SSSR count). The summed E-state index contributed by atoms with van der Waals surface area (Å²) in [5.41, 5.74) is 2.74. The molecule has 94 valence electrons. The van der Waals surface area contributed by atoms with Crippen molar-refractivity contribution >= 4 is 0 Å². The second kappa shape index (κ2) is 7.71.